The second-order valence-corrected chi connectivity index (χ2v) is 6.92. The molecule has 4 aromatic rings. The lowest BCUT2D eigenvalue weighted by Crippen LogP contribution is -2.19. The van der Waals surface area contributed by atoms with E-state index in [1.165, 1.54) is 16.8 Å². The zero-order valence-corrected chi connectivity index (χ0v) is 16.2. The summed E-state index contributed by atoms with van der Waals surface area (Å²) in [6, 6.07) is 13.5. The summed E-state index contributed by atoms with van der Waals surface area (Å²) in [5.74, 6) is -1.25. The zero-order valence-electron chi connectivity index (χ0n) is 16.2. The summed E-state index contributed by atoms with van der Waals surface area (Å²) in [4.78, 5) is 0. The molecule has 1 atom stereocenters. The Bertz CT molecular complexity index is 1120. The van der Waals surface area contributed by atoms with Crippen LogP contribution in [0, 0.1) is 18.6 Å². The van der Waals surface area contributed by atoms with Gasteiger partial charge in [0.25, 0.3) is 0 Å². The number of halogens is 2. The first kappa shape index (κ1) is 19.0. The molecule has 2 heterocycles. The molecule has 1 unspecified atom stereocenters. The average Bonchev–Trinajstić information content (AvgIpc) is 3.37. The number of nitrogens with one attached hydrogen (secondary N) is 1. The van der Waals surface area contributed by atoms with Crippen LogP contribution in [0.15, 0.2) is 67.1 Å². The van der Waals surface area contributed by atoms with Gasteiger partial charge in [-0.15, -0.1) is 0 Å². The van der Waals surface area contributed by atoms with Crippen LogP contribution in [0.5, 0.6) is 0 Å². The first-order valence-electron chi connectivity index (χ1n) is 9.35. The fraction of sp³-hybridized carbons (Fsp3) is 0.182. The van der Waals surface area contributed by atoms with Crippen LogP contribution < -0.4 is 5.32 Å². The van der Waals surface area contributed by atoms with Crippen LogP contribution in [0.4, 0.5) is 8.78 Å². The van der Waals surface area contributed by atoms with E-state index in [9.17, 15) is 8.78 Å². The van der Waals surface area contributed by atoms with Gasteiger partial charge in [-0.05, 0) is 49.7 Å². The maximum atomic E-state index is 14.1. The molecule has 0 spiro atoms. The molecule has 2 aromatic carbocycles. The van der Waals surface area contributed by atoms with E-state index in [4.69, 9.17) is 0 Å². The summed E-state index contributed by atoms with van der Waals surface area (Å²) in [7, 11) is 0. The highest BCUT2D eigenvalue weighted by Gasteiger charge is 2.16. The summed E-state index contributed by atoms with van der Waals surface area (Å²) < 4.78 is 30.6. The number of hydrogen-bond donors (Lipinski definition) is 1. The van der Waals surface area contributed by atoms with E-state index >= 15 is 0 Å². The zero-order chi connectivity index (χ0) is 20.4. The number of nitrogens with zero attached hydrogens (tertiary/aromatic N) is 4. The smallest absolute Gasteiger partial charge is 0.151 e. The number of benzene rings is 2. The minimum Gasteiger partial charge on any atom is -0.306 e. The third-order valence-corrected chi connectivity index (χ3v) is 4.94. The van der Waals surface area contributed by atoms with Gasteiger partial charge < -0.3 is 5.32 Å². The molecule has 2 aromatic heterocycles. The Hall–Kier alpha value is -3.32. The molecule has 1 N–H and O–H groups in total. The van der Waals surface area contributed by atoms with Crippen molar-refractivity contribution in [2.75, 3.05) is 0 Å². The van der Waals surface area contributed by atoms with Gasteiger partial charge in [0.2, 0.25) is 0 Å². The van der Waals surface area contributed by atoms with Crippen molar-refractivity contribution in [3.8, 4) is 11.4 Å². The van der Waals surface area contributed by atoms with Crippen LogP contribution in [0.2, 0.25) is 0 Å². The number of aromatic nitrogens is 4. The van der Waals surface area contributed by atoms with Crippen molar-refractivity contribution in [2.24, 2.45) is 0 Å². The maximum Gasteiger partial charge on any atom is 0.151 e. The van der Waals surface area contributed by atoms with Crippen molar-refractivity contribution >= 4 is 0 Å². The summed E-state index contributed by atoms with van der Waals surface area (Å²) in [6.07, 6.45) is 5.37. The van der Waals surface area contributed by atoms with E-state index in [0.29, 0.717) is 6.54 Å². The van der Waals surface area contributed by atoms with Gasteiger partial charge in [-0.2, -0.15) is 10.2 Å². The first-order chi connectivity index (χ1) is 14.0. The van der Waals surface area contributed by atoms with Crippen LogP contribution in [-0.4, -0.2) is 19.6 Å². The van der Waals surface area contributed by atoms with E-state index in [1.54, 1.807) is 12.4 Å². The van der Waals surface area contributed by atoms with Gasteiger partial charge in [-0.25, -0.2) is 18.1 Å². The molecule has 0 aliphatic rings. The van der Waals surface area contributed by atoms with Gasteiger partial charge in [0.05, 0.1) is 11.9 Å². The Kier molecular flexibility index (Phi) is 5.22. The third-order valence-electron chi connectivity index (χ3n) is 4.94. The van der Waals surface area contributed by atoms with Gasteiger partial charge in [-0.1, -0.05) is 12.1 Å². The van der Waals surface area contributed by atoms with Gasteiger partial charge >= 0.3 is 0 Å². The molecule has 0 amide bonds. The third kappa shape index (κ3) is 3.95. The molecule has 0 radical (unpaired) electrons. The molecule has 0 aliphatic carbocycles. The highest BCUT2D eigenvalue weighted by atomic mass is 19.1. The lowest BCUT2D eigenvalue weighted by Gasteiger charge is -2.15. The van der Waals surface area contributed by atoms with Crippen LogP contribution in [0.1, 0.15) is 29.8 Å². The molecule has 5 nitrogen and oxygen atoms in total. The lowest BCUT2D eigenvalue weighted by molar-refractivity contribution is 0.566. The Balaban J connectivity index is 1.49. The van der Waals surface area contributed by atoms with Gasteiger partial charge in [0, 0.05) is 42.3 Å². The highest BCUT2D eigenvalue weighted by Crippen LogP contribution is 2.22. The van der Waals surface area contributed by atoms with Crippen molar-refractivity contribution in [2.45, 2.75) is 26.4 Å². The van der Waals surface area contributed by atoms with E-state index < -0.39 is 11.6 Å². The molecule has 148 valence electrons. The Morgan fingerprint density at radius 3 is 2.69 bits per heavy atom. The van der Waals surface area contributed by atoms with Crippen molar-refractivity contribution in [1.82, 2.24) is 24.9 Å². The molecule has 0 bridgehead atoms. The molecule has 0 aliphatic heterocycles. The quantitative estimate of drug-likeness (QED) is 0.525. The van der Waals surface area contributed by atoms with Crippen LogP contribution in [0.3, 0.4) is 0 Å². The van der Waals surface area contributed by atoms with Crippen molar-refractivity contribution in [3.63, 3.8) is 0 Å². The topological polar surface area (TPSA) is 47.7 Å². The lowest BCUT2D eigenvalue weighted by atomic mass is 10.1. The summed E-state index contributed by atoms with van der Waals surface area (Å²) in [5.41, 5.74) is 4.12. The van der Waals surface area contributed by atoms with Gasteiger partial charge in [0.1, 0.15) is 11.5 Å². The van der Waals surface area contributed by atoms with Crippen LogP contribution in [-0.2, 0) is 6.54 Å². The molecular formula is C22H21F2N5. The molecular weight excluding hydrogens is 372 g/mol. The maximum absolute atomic E-state index is 14.1. The summed E-state index contributed by atoms with van der Waals surface area (Å²) in [5, 5.41) is 12.0. The molecule has 29 heavy (non-hydrogen) atoms. The normalized spacial score (nSPS) is 12.3. The molecule has 0 saturated carbocycles. The van der Waals surface area contributed by atoms with E-state index in [-0.39, 0.29) is 11.7 Å². The van der Waals surface area contributed by atoms with Crippen molar-refractivity contribution in [3.05, 3.63) is 95.6 Å². The predicted octanol–water partition coefficient (Wildman–Crippen LogP) is 4.50. The number of rotatable bonds is 6. The largest absolute Gasteiger partial charge is 0.306 e. The van der Waals surface area contributed by atoms with Gasteiger partial charge in [-0.3, -0.25) is 0 Å². The average molecular weight is 393 g/mol. The van der Waals surface area contributed by atoms with Crippen LogP contribution in [0.25, 0.3) is 11.4 Å². The Morgan fingerprint density at radius 2 is 1.93 bits per heavy atom. The monoisotopic (exact) mass is 393 g/mol. The van der Waals surface area contributed by atoms with E-state index in [2.05, 4.69) is 27.6 Å². The molecule has 4 rings (SSSR count). The van der Waals surface area contributed by atoms with Gasteiger partial charge in [0.15, 0.2) is 5.82 Å². The Morgan fingerprint density at radius 1 is 1.07 bits per heavy atom. The van der Waals surface area contributed by atoms with Crippen LogP contribution >= 0.6 is 0 Å². The molecule has 7 heteroatoms. The summed E-state index contributed by atoms with van der Waals surface area (Å²) >= 11 is 0. The second-order valence-electron chi connectivity index (χ2n) is 6.92. The first-order valence-corrected chi connectivity index (χ1v) is 9.35. The highest BCUT2D eigenvalue weighted by molar-refractivity contribution is 5.38. The number of hydrogen-bond acceptors (Lipinski definition) is 3. The summed E-state index contributed by atoms with van der Waals surface area (Å²) in [6.45, 7) is 4.57. The molecule has 0 fully saturated rings. The fourth-order valence-electron chi connectivity index (χ4n) is 3.35. The van der Waals surface area contributed by atoms with Crippen molar-refractivity contribution < 1.29 is 8.78 Å². The molecule has 0 saturated heterocycles. The fourth-order valence-corrected chi connectivity index (χ4v) is 3.35. The standard InChI is InChI=1S/C22H21F2N5/c1-15(25-13-17-5-3-6-19(11-17)28-10-4-9-26-28)20-14-27-29(16(20)2)22-8-7-18(23)12-21(22)24/h3-12,14-15,25H,13H2,1-2H3. The predicted molar refractivity (Wildman–Crippen MR) is 107 cm³/mol. The second kappa shape index (κ2) is 7.97. The minimum absolute atomic E-state index is 0.000573. The minimum atomic E-state index is -0.640. The van der Waals surface area contributed by atoms with E-state index in [1.807, 2.05) is 42.9 Å². The SMILES string of the molecule is Cc1c(C(C)NCc2cccc(-n3cccn3)c2)cnn1-c1ccc(F)cc1F. The van der Waals surface area contributed by atoms with Crippen molar-refractivity contribution in [1.29, 1.82) is 0 Å². The van der Waals surface area contributed by atoms with E-state index in [0.717, 1.165) is 28.6 Å². The Labute approximate surface area is 167 Å².